The van der Waals surface area contributed by atoms with Crippen molar-refractivity contribution in [3.63, 3.8) is 0 Å². The Morgan fingerprint density at radius 3 is 2.61 bits per heavy atom. The molecule has 0 aromatic heterocycles. The Morgan fingerprint density at radius 2 is 1.78 bits per heavy atom. The molecule has 1 heterocycles. The van der Waals surface area contributed by atoms with Gasteiger partial charge in [-0.1, -0.05) is 30.3 Å². The highest BCUT2D eigenvalue weighted by Gasteiger charge is 2.29. The van der Waals surface area contributed by atoms with Crippen LogP contribution in [0.3, 0.4) is 0 Å². The summed E-state index contributed by atoms with van der Waals surface area (Å²) >= 11 is 0. The van der Waals surface area contributed by atoms with E-state index in [0.29, 0.717) is 19.3 Å². The van der Waals surface area contributed by atoms with E-state index in [9.17, 15) is 0 Å². The van der Waals surface area contributed by atoms with Crippen LogP contribution in [0.25, 0.3) is 0 Å². The van der Waals surface area contributed by atoms with E-state index in [1.807, 2.05) is 6.07 Å². The van der Waals surface area contributed by atoms with Crippen LogP contribution >= 0.6 is 0 Å². The first-order chi connectivity index (χ1) is 11.2. The van der Waals surface area contributed by atoms with Crippen LogP contribution < -0.4 is 20.5 Å². The maximum atomic E-state index is 6.27. The van der Waals surface area contributed by atoms with Crippen molar-refractivity contribution in [3.05, 3.63) is 59.2 Å². The first kappa shape index (κ1) is 14.5. The summed E-state index contributed by atoms with van der Waals surface area (Å²) in [6.45, 7) is 3.41. The fourth-order valence-electron chi connectivity index (χ4n) is 3.56. The van der Waals surface area contributed by atoms with Gasteiger partial charge >= 0.3 is 0 Å². The number of fused-ring (bicyclic) bond motifs is 2. The summed E-state index contributed by atoms with van der Waals surface area (Å²) in [5.41, 5.74) is 10.1. The third-order valence-electron chi connectivity index (χ3n) is 4.78. The Labute approximate surface area is 136 Å². The van der Waals surface area contributed by atoms with Gasteiger partial charge in [0.1, 0.15) is 13.2 Å². The molecular weight excluding hydrogens is 288 g/mol. The number of nitrogens with two attached hydrogens (primary N) is 1. The molecule has 4 nitrogen and oxygen atoms in total. The van der Waals surface area contributed by atoms with E-state index in [2.05, 4.69) is 48.6 Å². The van der Waals surface area contributed by atoms with Crippen molar-refractivity contribution in [3.8, 4) is 11.5 Å². The SMILES string of the molecule is CC(NC1CC(N)c2ccccc21)c1ccc2c(c1)OCCO2. The van der Waals surface area contributed by atoms with Gasteiger partial charge in [0.2, 0.25) is 0 Å². The molecule has 0 fully saturated rings. The zero-order valence-corrected chi connectivity index (χ0v) is 13.3. The minimum absolute atomic E-state index is 0.121. The molecule has 4 heteroatoms. The molecule has 1 aliphatic carbocycles. The summed E-state index contributed by atoms with van der Waals surface area (Å²) in [5.74, 6) is 1.67. The van der Waals surface area contributed by atoms with Gasteiger partial charge in [-0.3, -0.25) is 0 Å². The third kappa shape index (κ3) is 2.69. The molecule has 4 rings (SSSR count). The summed E-state index contributed by atoms with van der Waals surface area (Å²) in [6.07, 6.45) is 0.939. The van der Waals surface area contributed by atoms with Crippen molar-refractivity contribution in [1.29, 1.82) is 0 Å². The van der Waals surface area contributed by atoms with Crippen LogP contribution in [-0.4, -0.2) is 13.2 Å². The molecule has 0 amide bonds. The lowest BCUT2D eigenvalue weighted by molar-refractivity contribution is 0.171. The molecule has 3 unspecified atom stereocenters. The minimum atomic E-state index is 0.121. The Bertz CT molecular complexity index is 716. The van der Waals surface area contributed by atoms with Crippen LogP contribution in [0.4, 0.5) is 0 Å². The molecule has 3 atom stereocenters. The van der Waals surface area contributed by atoms with E-state index < -0.39 is 0 Å². The van der Waals surface area contributed by atoms with Crippen molar-refractivity contribution in [2.24, 2.45) is 5.73 Å². The lowest BCUT2D eigenvalue weighted by Gasteiger charge is -2.23. The smallest absolute Gasteiger partial charge is 0.161 e. The van der Waals surface area contributed by atoms with Crippen molar-refractivity contribution in [2.75, 3.05) is 13.2 Å². The van der Waals surface area contributed by atoms with Crippen LogP contribution in [-0.2, 0) is 0 Å². The second-order valence-electron chi connectivity index (χ2n) is 6.32. The molecule has 0 saturated heterocycles. The van der Waals surface area contributed by atoms with Crippen LogP contribution in [0, 0.1) is 0 Å². The number of nitrogens with one attached hydrogen (secondary N) is 1. The highest BCUT2D eigenvalue weighted by molar-refractivity contribution is 5.45. The van der Waals surface area contributed by atoms with Gasteiger partial charge in [0.25, 0.3) is 0 Å². The molecular formula is C19H22N2O2. The van der Waals surface area contributed by atoms with Crippen molar-refractivity contribution in [1.82, 2.24) is 5.32 Å². The minimum Gasteiger partial charge on any atom is -0.486 e. The predicted molar refractivity (Wildman–Crippen MR) is 89.7 cm³/mol. The van der Waals surface area contributed by atoms with E-state index in [4.69, 9.17) is 15.2 Å². The first-order valence-corrected chi connectivity index (χ1v) is 8.22. The predicted octanol–water partition coefficient (Wildman–Crippen LogP) is 3.25. The normalized spacial score (nSPS) is 23.4. The largest absolute Gasteiger partial charge is 0.486 e. The fourth-order valence-corrected chi connectivity index (χ4v) is 3.56. The molecule has 3 N–H and O–H groups in total. The van der Waals surface area contributed by atoms with E-state index in [1.54, 1.807) is 0 Å². The molecule has 120 valence electrons. The summed E-state index contributed by atoms with van der Waals surface area (Å²) in [5, 5.41) is 3.71. The average molecular weight is 310 g/mol. The van der Waals surface area contributed by atoms with Crippen LogP contribution in [0.15, 0.2) is 42.5 Å². The fraction of sp³-hybridized carbons (Fsp3) is 0.368. The Balaban J connectivity index is 1.53. The van der Waals surface area contributed by atoms with Crippen LogP contribution in [0.1, 0.15) is 48.2 Å². The molecule has 0 bridgehead atoms. The van der Waals surface area contributed by atoms with Gasteiger partial charge < -0.3 is 20.5 Å². The van der Waals surface area contributed by atoms with Gasteiger partial charge in [-0.05, 0) is 42.2 Å². The first-order valence-electron chi connectivity index (χ1n) is 8.22. The lowest BCUT2D eigenvalue weighted by Crippen LogP contribution is -2.24. The van der Waals surface area contributed by atoms with Crippen molar-refractivity contribution in [2.45, 2.75) is 31.5 Å². The van der Waals surface area contributed by atoms with Gasteiger partial charge in [-0.25, -0.2) is 0 Å². The average Bonchev–Trinajstić information content (AvgIpc) is 2.91. The second-order valence-corrected chi connectivity index (χ2v) is 6.32. The number of hydrogen-bond donors (Lipinski definition) is 2. The van der Waals surface area contributed by atoms with E-state index in [1.165, 1.54) is 16.7 Å². The molecule has 1 aliphatic heterocycles. The summed E-state index contributed by atoms with van der Waals surface area (Å²) in [6, 6.07) is 15.3. The molecule has 0 radical (unpaired) electrons. The quantitative estimate of drug-likeness (QED) is 0.913. The molecule has 0 spiro atoms. The summed E-state index contributed by atoms with van der Waals surface area (Å²) < 4.78 is 11.3. The zero-order valence-electron chi connectivity index (χ0n) is 13.3. The van der Waals surface area contributed by atoms with Gasteiger partial charge in [0, 0.05) is 18.1 Å². The molecule has 2 aromatic carbocycles. The van der Waals surface area contributed by atoms with Crippen molar-refractivity contribution < 1.29 is 9.47 Å². The third-order valence-corrected chi connectivity index (χ3v) is 4.78. The van der Waals surface area contributed by atoms with Crippen LogP contribution in [0.2, 0.25) is 0 Å². The van der Waals surface area contributed by atoms with E-state index >= 15 is 0 Å². The maximum Gasteiger partial charge on any atom is 0.161 e. The highest BCUT2D eigenvalue weighted by atomic mass is 16.6. The highest BCUT2D eigenvalue weighted by Crippen LogP contribution is 2.39. The van der Waals surface area contributed by atoms with Crippen LogP contribution in [0.5, 0.6) is 11.5 Å². The van der Waals surface area contributed by atoms with Gasteiger partial charge in [0.05, 0.1) is 0 Å². The number of hydrogen-bond acceptors (Lipinski definition) is 4. The zero-order chi connectivity index (χ0) is 15.8. The van der Waals surface area contributed by atoms with Crippen molar-refractivity contribution >= 4 is 0 Å². The molecule has 2 aromatic rings. The molecule has 23 heavy (non-hydrogen) atoms. The summed E-state index contributed by atoms with van der Waals surface area (Å²) in [7, 11) is 0. The Hall–Kier alpha value is -2.04. The van der Waals surface area contributed by atoms with E-state index in [0.717, 1.165) is 17.9 Å². The Kier molecular flexibility index (Phi) is 3.71. The second kappa shape index (κ2) is 5.87. The Morgan fingerprint density at radius 1 is 1.04 bits per heavy atom. The maximum absolute atomic E-state index is 6.27. The summed E-state index contributed by atoms with van der Waals surface area (Å²) in [4.78, 5) is 0. The van der Waals surface area contributed by atoms with E-state index in [-0.39, 0.29) is 12.1 Å². The standard InChI is InChI=1S/C19H22N2O2/c1-12(13-6-7-18-19(10-13)23-9-8-22-18)21-17-11-16(20)14-4-2-3-5-15(14)17/h2-7,10,12,16-17,21H,8-9,11,20H2,1H3. The number of rotatable bonds is 3. The van der Waals surface area contributed by atoms with Gasteiger partial charge in [-0.15, -0.1) is 0 Å². The lowest BCUT2D eigenvalue weighted by atomic mass is 10.0. The topological polar surface area (TPSA) is 56.5 Å². The van der Waals surface area contributed by atoms with Gasteiger partial charge in [-0.2, -0.15) is 0 Å². The monoisotopic (exact) mass is 310 g/mol. The molecule has 0 saturated carbocycles. The number of ether oxygens (including phenoxy) is 2. The number of benzene rings is 2. The van der Waals surface area contributed by atoms with Gasteiger partial charge in [0.15, 0.2) is 11.5 Å². The molecule has 2 aliphatic rings.